The van der Waals surface area contributed by atoms with Crippen LogP contribution in [0.25, 0.3) is 11.3 Å². The second-order valence-electron chi connectivity index (χ2n) is 11.1. The molecule has 0 radical (unpaired) electrons. The van der Waals surface area contributed by atoms with Crippen LogP contribution in [0.1, 0.15) is 59.9 Å². The summed E-state index contributed by atoms with van der Waals surface area (Å²) < 4.78 is 33.8. The number of aryl methyl sites for hydroxylation is 1. The molecule has 1 saturated heterocycles. The highest BCUT2D eigenvalue weighted by atomic mass is 32.2. The summed E-state index contributed by atoms with van der Waals surface area (Å²) in [7, 11) is -4.26. The summed E-state index contributed by atoms with van der Waals surface area (Å²) >= 11 is 0. The lowest BCUT2D eigenvalue weighted by molar-refractivity contribution is 0.0981. The number of nitrogens with one attached hydrogen (secondary N) is 1. The molecule has 1 amide bonds. The van der Waals surface area contributed by atoms with E-state index in [-0.39, 0.29) is 24.8 Å². The van der Waals surface area contributed by atoms with Gasteiger partial charge in [-0.05, 0) is 69.4 Å². The van der Waals surface area contributed by atoms with Crippen molar-refractivity contribution < 1.29 is 20.8 Å². The molecule has 39 heavy (non-hydrogen) atoms. The fourth-order valence-electron chi connectivity index (χ4n) is 4.89. The van der Waals surface area contributed by atoms with Gasteiger partial charge in [0.2, 0.25) is 5.88 Å². The molecule has 3 aromatic heterocycles. The number of rotatable bonds is 8. The van der Waals surface area contributed by atoms with E-state index >= 15 is 0 Å². The fourth-order valence-corrected chi connectivity index (χ4v) is 5.83. The Morgan fingerprint density at radius 1 is 1.18 bits per heavy atom. The summed E-state index contributed by atoms with van der Waals surface area (Å²) in [6, 6.07) is 11.2. The topological polar surface area (TPSA) is 140 Å². The van der Waals surface area contributed by atoms with Gasteiger partial charge in [0.25, 0.3) is 15.9 Å². The molecule has 10 nitrogen and oxygen atoms in total. The van der Waals surface area contributed by atoms with Crippen molar-refractivity contribution in [3.05, 3.63) is 53.7 Å². The van der Waals surface area contributed by atoms with Crippen LogP contribution in [0.2, 0.25) is 0 Å². The maximum atomic E-state index is 13.4. The molecule has 1 atom stereocenters. The van der Waals surface area contributed by atoms with E-state index in [9.17, 15) is 13.2 Å². The zero-order valence-corrected chi connectivity index (χ0v) is 24.0. The lowest BCUT2D eigenvalue weighted by Gasteiger charge is -2.34. The number of aromatic nitrogens is 3. The molecule has 1 unspecified atom stereocenters. The smallest absolute Gasteiger partial charge is 0.281 e. The van der Waals surface area contributed by atoms with Crippen LogP contribution in [0.3, 0.4) is 0 Å². The van der Waals surface area contributed by atoms with Crippen molar-refractivity contribution in [3.63, 3.8) is 0 Å². The molecule has 1 aliphatic heterocycles. The molecule has 11 heteroatoms. The lowest BCUT2D eigenvalue weighted by Crippen LogP contribution is -2.41. The number of pyridine rings is 3. The second-order valence-corrected chi connectivity index (χ2v) is 12.8. The average Bonchev–Trinajstić information content (AvgIpc) is 3.13. The van der Waals surface area contributed by atoms with Crippen LogP contribution in [0.15, 0.2) is 47.5 Å². The Bertz CT molecular complexity index is 1500. The number of carbonyl (C=O) groups is 1. The zero-order valence-electron chi connectivity index (χ0n) is 23.2. The van der Waals surface area contributed by atoms with Gasteiger partial charge in [-0.1, -0.05) is 26.8 Å². The molecule has 4 rings (SSSR count). The number of nitrogens with two attached hydrogens (primary N) is 1. The lowest BCUT2D eigenvalue weighted by atomic mass is 9.97. The first kappa shape index (κ1) is 28.3. The maximum Gasteiger partial charge on any atom is 0.281 e. The number of nitrogens with zero attached hydrogens (tertiary/aromatic N) is 4. The second kappa shape index (κ2) is 10.8. The van der Waals surface area contributed by atoms with E-state index in [1.54, 1.807) is 18.2 Å². The minimum Gasteiger partial charge on any atom is -0.477 e. The summed E-state index contributed by atoms with van der Waals surface area (Å²) in [4.78, 5) is 28.8. The molecule has 212 valence electrons. The summed E-state index contributed by atoms with van der Waals surface area (Å²) in [6.45, 7) is 13.6. The molecule has 1 fully saturated rings. The number of sulfonamides is 1. The predicted octanol–water partition coefficient (Wildman–Crippen LogP) is 4.70. The predicted molar refractivity (Wildman–Crippen MR) is 155 cm³/mol. The summed E-state index contributed by atoms with van der Waals surface area (Å²) in [5.74, 6) is 0.929. The zero-order chi connectivity index (χ0) is 28.5. The number of hydrogen-bond acceptors (Lipinski definition) is 9. The minimum atomic E-state index is -4.26. The molecule has 0 aliphatic carbocycles. The van der Waals surface area contributed by atoms with Crippen molar-refractivity contribution in [2.45, 2.75) is 58.5 Å². The van der Waals surface area contributed by atoms with Crippen LogP contribution in [0.4, 0.5) is 11.6 Å². The van der Waals surface area contributed by atoms with Crippen molar-refractivity contribution in [3.8, 4) is 17.1 Å². The van der Waals surface area contributed by atoms with Crippen molar-refractivity contribution in [2.75, 3.05) is 23.8 Å². The first-order valence-corrected chi connectivity index (χ1v) is 14.4. The van der Waals surface area contributed by atoms with E-state index in [1.807, 2.05) is 13.0 Å². The number of anilines is 2. The third kappa shape index (κ3) is 6.30. The van der Waals surface area contributed by atoms with Gasteiger partial charge in [-0.2, -0.15) is 8.42 Å². The largest absolute Gasteiger partial charge is 0.477 e. The molecule has 0 aromatic carbocycles. The van der Waals surface area contributed by atoms with Gasteiger partial charge in [0, 0.05) is 26.6 Å². The quantitative estimate of drug-likeness (QED) is 0.404. The SMILES string of the molecule is Cc1nc(OCC(C)C)ccc1-c1ccc(C(=O)NS(=O)(=O)c2cccc(N)n2)c(N2CC(C)CC2(C)C)n1.[HH].[HH]. The van der Waals surface area contributed by atoms with Crippen molar-refractivity contribution >= 4 is 27.6 Å². The summed E-state index contributed by atoms with van der Waals surface area (Å²) in [5, 5.41) is -0.335. The van der Waals surface area contributed by atoms with Gasteiger partial charge >= 0.3 is 0 Å². The Kier molecular flexibility index (Phi) is 7.83. The number of amides is 1. The standard InChI is InChI=1S/C28H36N6O4S.2H2/c1-17(2)16-38-24-13-11-20(19(4)30-24)22-12-10-21(26(31-22)34-15-18(3)14-28(34,5)6)27(35)33-39(36,37)25-9-7-8-23(29)32-25;;/h7-13,17-18H,14-16H2,1-6H3,(H2,29,32)(H,33,35);2*1H. The van der Waals surface area contributed by atoms with Gasteiger partial charge in [-0.25, -0.2) is 19.7 Å². The summed E-state index contributed by atoms with van der Waals surface area (Å²) in [5.41, 5.74) is 7.65. The minimum absolute atomic E-state index is 0. The normalized spacial score (nSPS) is 16.9. The van der Waals surface area contributed by atoms with E-state index < -0.39 is 15.9 Å². The number of ether oxygens (including phenoxy) is 1. The highest BCUT2D eigenvalue weighted by molar-refractivity contribution is 7.90. The molecule has 1 aliphatic rings. The van der Waals surface area contributed by atoms with Gasteiger partial charge in [0.15, 0.2) is 5.03 Å². The van der Waals surface area contributed by atoms with Gasteiger partial charge in [0.1, 0.15) is 11.6 Å². The highest BCUT2D eigenvalue weighted by Crippen LogP contribution is 2.38. The summed E-state index contributed by atoms with van der Waals surface area (Å²) in [6.07, 6.45) is 0.897. The maximum absolute atomic E-state index is 13.4. The van der Waals surface area contributed by atoms with Gasteiger partial charge in [0.05, 0.1) is 23.6 Å². The van der Waals surface area contributed by atoms with Gasteiger partial charge in [-0.15, -0.1) is 0 Å². The monoisotopic (exact) mass is 556 g/mol. The van der Waals surface area contributed by atoms with Gasteiger partial charge < -0.3 is 15.4 Å². The Morgan fingerprint density at radius 2 is 1.92 bits per heavy atom. The first-order valence-electron chi connectivity index (χ1n) is 13.0. The Hall–Kier alpha value is -3.73. The number of nitrogen functional groups attached to an aromatic ring is 1. The third-order valence-electron chi connectivity index (χ3n) is 6.60. The Labute approximate surface area is 233 Å². The molecule has 3 aromatic rings. The third-order valence-corrected chi connectivity index (χ3v) is 7.83. The van der Waals surface area contributed by atoms with Crippen LogP contribution in [-0.2, 0) is 10.0 Å². The molecule has 0 spiro atoms. The first-order chi connectivity index (χ1) is 18.3. The van der Waals surface area contributed by atoms with Crippen LogP contribution < -0.4 is 20.1 Å². The molecular formula is C28H40N6O4S. The van der Waals surface area contributed by atoms with E-state index in [4.69, 9.17) is 15.5 Å². The molecule has 3 N–H and O–H groups in total. The molecule has 4 heterocycles. The van der Waals surface area contributed by atoms with Crippen LogP contribution in [0, 0.1) is 18.8 Å². The number of carbonyl (C=O) groups excluding carboxylic acids is 1. The van der Waals surface area contributed by atoms with Crippen molar-refractivity contribution in [2.24, 2.45) is 11.8 Å². The van der Waals surface area contributed by atoms with E-state index in [1.165, 1.54) is 18.2 Å². The van der Waals surface area contributed by atoms with Crippen molar-refractivity contribution in [1.82, 2.24) is 19.7 Å². The van der Waals surface area contributed by atoms with Crippen LogP contribution in [-0.4, -0.2) is 48.0 Å². The van der Waals surface area contributed by atoms with Crippen molar-refractivity contribution in [1.29, 1.82) is 0 Å². The van der Waals surface area contributed by atoms with E-state index in [0.29, 0.717) is 42.4 Å². The molecule has 0 saturated carbocycles. The fraction of sp³-hybridized carbons (Fsp3) is 0.429. The highest BCUT2D eigenvalue weighted by Gasteiger charge is 2.39. The Balaban J connectivity index is 0.00000294. The molecule has 0 bridgehead atoms. The van der Waals surface area contributed by atoms with E-state index in [2.05, 4.69) is 54.2 Å². The van der Waals surface area contributed by atoms with E-state index in [0.717, 1.165) is 17.7 Å². The average molecular weight is 557 g/mol. The van der Waals surface area contributed by atoms with Crippen LogP contribution in [0.5, 0.6) is 5.88 Å². The molecular weight excluding hydrogens is 516 g/mol. The number of hydrogen-bond donors (Lipinski definition) is 2. The Morgan fingerprint density at radius 3 is 2.54 bits per heavy atom. The van der Waals surface area contributed by atoms with Gasteiger partial charge in [-0.3, -0.25) is 4.79 Å². The van der Waals surface area contributed by atoms with Crippen LogP contribution >= 0.6 is 0 Å².